The van der Waals surface area contributed by atoms with Crippen LogP contribution in [0, 0.1) is 12.7 Å². The van der Waals surface area contributed by atoms with Crippen LogP contribution in [0.1, 0.15) is 25.0 Å². The third-order valence-corrected chi connectivity index (χ3v) is 2.94. The quantitative estimate of drug-likeness (QED) is 0.904. The van der Waals surface area contributed by atoms with E-state index in [1.165, 1.54) is 6.07 Å². The highest BCUT2D eigenvalue weighted by molar-refractivity contribution is 5.64. The van der Waals surface area contributed by atoms with E-state index < -0.39 is 0 Å². The number of benzene rings is 1. The normalized spacial score (nSPS) is 11.0. The molecule has 19 heavy (non-hydrogen) atoms. The molecule has 1 heterocycles. The van der Waals surface area contributed by atoms with Crippen molar-refractivity contribution in [2.45, 2.75) is 33.4 Å². The number of hydrogen-bond acceptors (Lipinski definition) is 2. The minimum absolute atomic E-state index is 0.207. The first-order chi connectivity index (χ1) is 9.06. The van der Waals surface area contributed by atoms with Crippen LogP contribution in [0.4, 0.5) is 4.39 Å². The largest absolute Gasteiger partial charge is 0.310 e. The van der Waals surface area contributed by atoms with Crippen molar-refractivity contribution in [2.24, 2.45) is 0 Å². The summed E-state index contributed by atoms with van der Waals surface area (Å²) in [5, 5.41) is 3.33. The zero-order chi connectivity index (χ0) is 13.8. The molecule has 0 unspecified atom stereocenters. The van der Waals surface area contributed by atoms with E-state index in [1.807, 2.05) is 25.3 Å². The van der Waals surface area contributed by atoms with Crippen molar-refractivity contribution in [3.8, 4) is 11.1 Å². The number of rotatable bonds is 4. The summed E-state index contributed by atoms with van der Waals surface area (Å²) in [5.41, 5.74) is 3.54. The number of aryl methyl sites for hydroxylation is 1. The van der Waals surface area contributed by atoms with E-state index in [0.717, 1.165) is 23.2 Å². The Bertz CT molecular complexity index is 564. The predicted octanol–water partition coefficient (Wildman–Crippen LogP) is 3.69. The molecule has 2 aromatic rings. The first-order valence-electron chi connectivity index (χ1n) is 6.50. The maximum atomic E-state index is 13.9. The van der Waals surface area contributed by atoms with Crippen molar-refractivity contribution in [2.75, 3.05) is 0 Å². The molecule has 0 aliphatic carbocycles. The van der Waals surface area contributed by atoms with E-state index in [-0.39, 0.29) is 5.82 Å². The topological polar surface area (TPSA) is 24.9 Å². The number of aromatic nitrogens is 1. The predicted molar refractivity (Wildman–Crippen MR) is 76.3 cm³/mol. The van der Waals surface area contributed by atoms with E-state index in [4.69, 9.17) is 0 Å². The second-order valence-corrected chi connectivity index (χ2v) is 5.10. The van der Waals surface area contributed by atoms with Crippen LogP contribution in [-0.4, -0.2) is 11.0 Å². The SMILES string of the molecule is Cc1ccc(F)c(-c2cncc(CNC(C)C)c2)c1. The smallest absolute Gasteiger partial charge is 0.131 e. The second kappa shape index (κ2) is 5.93. The van der Waals surface area contributed by atoms with Crippen LogP contribution in [0.25, 0.3) is 11.1 Å². The second-order valence-electron chi connectivity index (χ2n) is 5.10. The summed E-state index contributed by atoms with van der Waals surface area (Å²) < 4.78 is 13.9. The van der Waals surface area contributed by atoms with Crippen molar-refractivity contribution in [1.82, 2.24) is 10.3 Å². The molecule has 0 atom stereocenters. The van der Waals surface area contributed by atoms with Crippen LogP contribution >= 0.6 is 0 Å². The van der Waals surface area contributed by atoms with Crippen LogP contribution in [-0.2, 0) is 6.54 Å². The van der Waals surface area contributed by atoms with Crippen molar-refractivity contribution in [3.63, 3.8) is 0 Å². The first kappa shape index (κ1) is 13.7. The van der Waals surface area contributed by atoms with Gasteiger partial charge >= 0.3 is 0 Å². The molecule has 0 amide bonds. The van der Waals surface area contributed by atoms with Gasteiger partial charge in [-0.05, 0) is 30.7 Å². The monoisotopic (exact) mass is 258 g/mol. The number of halogens is 1. The molecule has 0 radical (unpaired) electrons. The van der Waals surface area contributed by atoms with Gasteiger partial charge in [0.1, 0.15) is 5.82 Å². The highest BCUT2D eigenvalue weighted by Crippen LogP contribution is 2.24. The molecule has 0 saturated heterocycles. The fourth-order valence-electron chi connectivity index (χ4n) is 1.91. The van der Waals surface area contributed by atoms with Crippen LogP contribution in [0.5, 0.6) is 0 Å². The van der Waals surface area contributed by atoms with E-state index in [0.29, 0.717) is 11.6 Å². The zero-order valence-electron chi connectivity index (χ0n) is 11.6. The Hall–Kier alpha value is -1.74. The Labute approximate surface area is 113 Å². The van der Waals surface area contributed by atoms with Crippen LogP contribution in [0.15, 0.2) is 36.7 Å². The molecular weight excluding hydrogens is 239 g/mol. The summed E-state index contributed by atoms with van der Waals surface area (Å²) in [6.45, 7) is 6.89. The fraction of sp³-hybridized carbons (Fsp3) is 0.312. The molecule has 100 valence electrons. The molecule has 2 rings (SSSR count). The molecule has 1 aromatic heterocycles. The van der Waals surface area contributed by atoms with Crippen molar-refractivity contribution < 1.29 is 4.39 Å². The number of nitrogens with zero attached hydrogens (tertiary/aromatic N) is 1. The first-order valence-corrected chi connectivity index (χ1v) is 6.50. The number of nitrogens with one attached hydrogen (secondary N) is 1. The van der Waals surface area contributed by atoms with Gasteiger partial charge in [-0.3, -0.25) is 4.98 Å². The average Bonchev–Trinajstić information content (AvgIpc) is 2.39. The lowest BCUT2D eigenvalue weighted by atomic mass is 10.0. The maximum Gasteiger partial charge on any atom is 0.131 e. The molecule has 1 aromatic carbocycles. The summed E-state index contributed by atoms with van der Waals surface area (Å²) in [7, 11) is 0. The van der Waals surface area contributed by atoms with Crippen LogP contribution in [0.3, 0.4) is 0 Å². The lowest BCUT2D eigenvalue weighted by molar-refractivity contribution is 0.588. The molecule has 2 nitrogen and oxygen atoms in total. The highest BCUT2D eigenvalue weighted by atomic mass is 19.1. The zero-order valence-corrected chi connectivity index (χ0v) is 11.6. The average molecular weight is 258 g/mol. The minimum atomic E-state index is -0.207. The maximum absolute atomic E-state index is 13.9. The van der Waals surface area contributed by atoms with E-state index >= 15 is 0 Å². The Morgan fingerprint density at radius 3 is 2.74 bits per heavy atom. The molecular formula is C16H19FN2. The molecule has 1 N–H and O–H groups in total. The highest BCUT2D eigenvalue weighted by Gasteiger charge is 2.06. The Kier molecular flexibility index (Phi) is 4.27. The molecule has 0 aliphatic heterocycles. The van der Waals surface area contributed by atoms with Gasteiger partial charge in [-0.25, -0.2) is 4.39 Å². The summed E-state index contributed by atoms with van der Waals surface area (Å²) in [6.07, 6.45) is 3.52. The molecule has 0 aliphatic rings. The van der Waals surface area contributed by atoms with Gasteiger partial charge in [-0.15, -0.1) is 0 Å². The summed E-state index contributed by atoms with van der Waals surface area (Å²) in [6, 6.07) is 7.53. The summed E-state index contributed by atoms with van der Waals surface area (Å²) in [4.78, 5) is 4.20. The van der Waals surface area contributed by atoms with E-state index in [1.54, 1.807) is 12.3 Å². The van der Waals surface area contributed by atoms with Crippen LogP contribution < -0.4 is 5.32 Å². The van der Waals surface area contributed by atoms with Crippen molar-refractivity contribution in [3.05, 3.63) is 53.6 Å². The van der Waals surface area contributed by atoms with Crippen molar-refractivity contribution >= 4 is 0 Å². The minimum Gasteiger partial charge on any atom is -0.310 e. The third-order valence-electron chi connectivity index (χ3n) is 2.94. The van der Waals surface area contributed by atoms with Gasteiger partial charge in [-0.2, -0.15) is 0 Å². The van der Waals surface area contributed by atoms with E-state index in [2.05, 4.69) is 24.1 Å². The van der Waals surface area contributed by atoms with Crippen LogP contribution in [0.2, 0.25) is 0 Å². The van der Waals surface area contributed by atoms with Gasteiger partial charge in [0.2, 0.25) is 0 Å². The number of pyridine rings is 1. The van der Waals surface area contributed by atoms with Gasteiger partial charge in [-0.1, -0.05) is 25.5 Å². The lowest BCUT2D eigenvalue weighted by Gasteiger charge is -2.10. The Morgan fingerprint density at radius 2 is 2.00 bits per heavy atom. The fourth-order valence-corrected chi connectivity index (χ4v) is 1.91. The van der Waals surface area contributed by atoms with E-state index in [9.17, 15) is 4.39 Å². The third kappa shape index (κ3) is 3.61. The van der Waals surface area contributed by atoms with Gasteiger partial charge in [0, 0.05) is 36.1 Å². The summed E-state index contributed by atoms with van der Waals surface area (Å²) >= 11 is 0. The molecule has 0 bridgehead atoms. The van der Waals surface area contributed by atoms with Gasteiger partial charge in [0.25, 0.3) is 0 Å². The molecule has 3 heteroatoms. The molecule has 0 spiro atoms. The number of hydrogen-bond donors (Lipinski definition) is 1. The standard InChI is InChI=1S/C16H19FN2/c1-11(2)19-9-13-7-14(10-18-8-13)15-6-12(3)4-5-16(15)17/h4-8,10-11,19H,9H2,1-3H3. The molecule has 0 fully saturated rings. The van der Waals surface area contributed by atoms with Crippen molar-refractivity contribution in [1.29, 1.82) is 0 Å². The molecule has 0 saturated carbocycles. The summed E-state index contributed by atoms with van der Waals surface area (Å²) in [5.74, 6) is -0.207. The van der Waals surface area contributed by atoms with Gasteiger partial charge < -0.3 is 5.32 Å². The van der Waals surface area contributed by atoms with Gasteiger partial charge in [0.05, 0.1) is 0 Å². The Balaban J connectivity index is 2.29. The Morgan fingerprint density at radius 1 is 1.21 bits per heavy atom. The van der Waals surface area contributed by atoms with Gasteiger partial charge in [0.15, 0.2) is 0 Å². The lowest BCUT2D eigenvalue weighted by Crippen LogP contribution is -2.21.